The zero-order valence-corrected chi connectivity index (χ0v) is 16.2. The number of sulfone groups is 1. The second-order valence-corrected chi connectivity index (χ2v) is 9.21. The molecule has 1 atom stereocenters. The molecule has 1 heterocycles. The van der Waals surface area contributed by atoms with Gasteiger partial charge in [-0.15, -0.1) is 0 Å². The summed E-state index contributed by atoms with van der Waals surface area (Å²) in [4.78, 5) is 14.5. The van der Waals surface area contributed by atoms with Gasteiger partial charge in [-0.2, -0.15) is 0 Å². The molecule has 8 heteroatoms. The molecular formula is C18H18Cl2N2O3S. The Morgan fingerprint density at radius 3 is 2.50 bits per heavy atom. The number of benzene rings is 2. The Balaban J connectivity index is 1.79. The predicted octanol–water partition coefficient (Wildman–Crippen LogP) is 3.63. The van der Waals surface area contributed by atoms with E-state index in [9.17, 15) is 13.2 Å². The highest BCUT2D eigenvalue weighted by Crippen LogP contribution is 2.27. The van der Waals surface area contributed by atoms with Crippen LogP contribution in [-0.4, -0.2) is 38.4 Å². The monoisotopic (exact) mass is 412 g/mol. The minimum atomic E-state index is -3.11. The maximum Gasteiger partial charge on any atom is 0.246 e. The van der Waals surface area contributed by atoms with E-state index in [2.05, 4.69) is 5.32 Å². The number of halogens is 2. The summed E-state index contributed by atoms with van der Waals surface area (Å²) in [5, 5.41) is 3.93. The summed E-state index contributed by atoms with van der Waals surface area (Å²) < 4.78 is 23.7. The molecule has 1 aliphatic heterocycles. The lowest BCUT2D eigenvalue weighted by Gasteiger charge is -2.28. The molecule has 0 saturated carbocycles. The first-order valence-electron chi connectivity index (χ1n) is 8.12. The van der Waals surface area contributed by atoms with Crippen molar-refractivity contribution in [2.45, 2.75) is 12.5 Å². The van der Waals surface area contributed by atoms with Crippen molar-refractivity contribution < 1.29 is 13.2 Å². The van der Waals surface area contributed by atoms with Gasteiger partial charge < -0.3 is 10.2 Å². The van der Waals surface area contributed by atoms with E-state index < -0.39 is 9.84 Å². The van der Waals surface area contributed by atoms with Crippen molar-refractivity contribution >= 4 is 50.3 Å². The molecule has 2 aromatic rings. The van der Waals surface area contributed by atoms with Gasteiger partial charge in [0.05, 0.1) is 34.8 Å². The Kier molecular flexibility index (Phi) is 5.75. The summed E-state index contributed by atoms with van der Waals surface area (Å²) in [6.45, 7) is -0.00715. The highest BCUT2D eigenvalue weighted by atomic mass is 35.5. The van der Waals surface area contributed by atoms with Gasteiger partial charge in [0.2, 0.25) is 5.91 Å². The van der Waals surface area contributed by atoms with E-state index >= 15 is 0 Å². The van der Waals surface area contributed by atoms with Crippen molar-refractivity contribution in [1.29, 1.82) is 0 Å². The van der Waals surface area contributed by atoms with Gasteiger partial charge in [0.15, 0.2) is 9.84 Å². The first-order chi connectivity index (χ1) is 12.4. The average Bonchev–Trinajstić information content (AvgIpc) is 2.95. The van der Waals surface area contributed by atoms with E-state index in [4.69, 9.17) is 23.2 Å². The molecule has 26 heavy (non-hydrogen) atoms. The largest absolute Gasteiger partial charge is 0.375 e. The quantitative estimate of drug-likeness (QED) is 0.813. The minimum absolute atomic E-state index is 0.00715. The lowest BCUT2D eigenvalue weighted by molar-refractivity contribution is -0.117. The highest BCUT2D eigenvalue weighted by molar-refractivity contribution is 7.91. The summed E-state index contributed by atoms with van der Waals surface area (Å²) in [5.74, 6) is -0.135. The number of para-hydroxylation sites is 1. The highest BCUT2D eigenvalue weighted by Gasteiger charge is 2.35. The number of rotatable bonds is 5. The second kappa shape index (κ2) is 7.86. The van der Waals surface area contributed by atoms with Gasteiger partial charge in [0.1, 0.15) is 0 Å². The number of nitrogens with zero attached hydrogens (tertiary/aromatic N) is 1. The van der Waals surface area contributed by atoms with Gasteiger partial charge in [0.25, 0.3) is 0 Å². The molecule has 5 nitrogen and oxygen atoms in total. The van der Waals surface area contributed by atoms with Gasteiger partial charge in [-0.1, -0.05) is 41.4 Å². The van der Waals surface area contributed by atoms with Crippen LogP contribution in [-0.2, 0) is 14.6 Å². The zero-order valence-electron chi connectivity index (χ0n) is 13.9. The second-order valence-electron chi connectivity index (χ2n) is 6.13. The van der Waals surface area contributed by atoms with Gasteiger partial charge >= 0.3 is 0 Å². The molecule has 0 radical (unpaired) electrons. The number of amides is 1. The molecule has 1 N–H and O–H groups in total. The maximum atomic E-state index is 12.9. The summed E-state index contributed by atoms with van der Waals surface area (Å²) in [6.07, 6.45) is 0.435. The van der Waals surface area contributed by atoms with Crippen LogP contribution >= 0.6 is 23.2 Å². The lowest BCUT2D eigenvalue weighted by Crippen LogP contribution is -2.44. The molecule has 3 rings (SSSR count). The number of nitrogens with one attached hydrogen (secondary N) is 1. The molecule has 1 saturated heterocycles. The van der Waals surface area contributed by atoms with Gasteiger partial charge in [-0.3, -0.25) is 4.79 Å². The molecule has 2 aromatic carbocycles. The molecule has 1 aliphatic rings. The maximum absolute atomic E-state index is 12.9. The summed E-state index contributed by atoms with van der Waals surface area (Å²) in [6, 6.07) is 13.7. The zero-order chi connectivity index (χ0) is 18.7. The van der Waals surface area contributed by atoms with Crippen LogP contribution in [0.2, 0.25) is 10.0 Å². The first-order valence-corrected chi connectivity index (χ1v) is 10.7. The van der Waals surface area contributed by atoms with Crippen LogP contribution in [0, 0.1) is 0 Å². The molecule has 138 valence electrons. The van der Waals surface area contributed by atoms with Gasteiger partial charge in [-0.05, 0) is 36.8 Å². The molecule has 0 bridgehead atoms. The average molecular weight is 413 g/mol. The number of carbonyl (C=O) groups is 1. The van der Waals surface area contributed by atoms with Crippen molar-refractivity contribution in [2.75, 3.05) is 28.3 Å². The molecular weight excluding hydrogens is 395 g/mol. The fourth-order valence-electron chi connectivity index (χ4n) is 3.01. The number of carbonyl (C=O) groups excluding carboxylic acids is 1. The Hall–Kier alpha value is -1.76. The molecule has 0 spiro atoms. The number of hydrogen-bond acceptors (Lipinski definition) is 4. The van der Waals surface area contributed by atoms with Gasteiger partial charge in [-0.25, -0.2) is 8.42 Å². The third-order valence-electron chi connectivity index (χ3n) is 4.24. The fraction of sp³-hybridized carbons (Fsp3) is 0.278. The van der Waals surface area contributed by atoms with Crippen LogP contribution < -0.4 is 10.2 Å². The van der Waals surface area contributed by atoms with E-state index in [0.29, 0.717) is 27.8 Å². The van der Waals surface area contributed by atoms with E-state index in [-0.39, 0.29) is 30.0 Å². The Labute approximate surface area is 162 Å². The predicted molar refractivity (Wildman–Crippen MR) is 106 cm³/mol. The third-order valence-corrected chi connectivity index (χ3v) is 6.54. The smallest absolute Gasteiger partial charge is 0.246 e. The standard InChI is InChI=1S/C18H18Cl2N2O3S/c19-13-6-7-17(16(20)10-13)21-11-18(23)22(14-4-2-1-3-5-14)15-8-9-26(24,25)12-15/h1-7,10,15,21H,8-9,11-12H2/t15-/m0/s1. The van der Waals surface area contributed by atoms with Crippen LogP contribution in [0.15, 0.2) is 48.5 Å². The van der Waals surface area contributed by atoms with Crippen molar-refractivity contribution in [3.63, 3.8) is 0 Å². The Bertz CT molecular complexity index is 904. The number of anilines is 2. The summed E-state index contributed by atoms with van der Waals surface area (Å²) in [7, 11) is -3.11. The van der Waals surface area contributed by atoms with E-state index in [1.165, 1.54) is 0 Å². The molecule has 0 unspecified atom stereocenters. The topological polar surface area (TPSA) is 66.5 Å². The lowest BCUT2D eigenvalue weighted by atomic mass is 10.1. The normalized spacial score (nSPS) is 18.5. The van der Waals surface area contributed by atoms with E-state index in [1.54, 1.807) is 35.2 Å². The van der Waals surface area contributed by atoms with Crippen LogP contribution in [0.5, 0.6) is 0 Å². The van der Waals surface area contributed by atoms with Crippen molar-refractivity contribution in [3.8, 4) is 0 Å². The van der Waals surface area contributed by atoms with Crippen LogP contribution in [0.4, 0.5) is 11.4 Å². The van der Waals surface area contributed by atoms with Gasteiger partial charge in [0, 0.05) is 10.7 Å². The van der Waals surface area contributed by atoms with Crippen LogP contribution in [0.3, 0.4) is 0 Å². The summed E-state index contributed by atoms with van der Waals surface area (Å²) in [5.41, 5.74) is 1.28. The SMILES string of the molecule is O=C(CNc1ccc(Cl)cc1Cl)N(c1ccccc1)[C@H]1CCS(=O)(=O)C1. The molecule has 0 aliphatic carbocycles. The minimum Gasteiger partial charge on any atom is -0.375 e. The van der Waals surface area contributed by atoms with Crippen LogP contribution in [0.25, 0.3) is 0 Å². The van der Waals surface area contributed by atoms with Crippen molar-refractivity contribution in [1.82, 2.24) is 0 Å². The first kappa shape index (κ1) is 19.0. The fourth-order valence-corrected chi connectivity index (χ4v) is 5.19. The van der Waals surface area contributed by atoms with E-state index in [0.717, 1.165) is 0 Å². The van der Waals surface area contributed by atoms with E-state index in [1.807, 2.05) is 18.2 Å². The summed E-state index contributed by atoms with van der Waals surface area (Å²) >= 11 is 12.0. The van der Waals surface area contributed by atoms with Crippen LogP contribution in [0.1, 0.15) is 6.42 Å². The molecule has 0 aromatic heterocycles. The van der Waals surface area contributed by atoms with Crippen molar-refractivity contribution in [3.05, 3.63) is 58.6 Å². The Morgan fingerprint density at radius 1 is 1.15 bits per heavy atom. The molecule has 1 fully saturated rings. The Morgan fingerprint density at radius 2 is 1.88 bits per heavy atom. The molecule has 1 amide bonds. The third kappa shape index (κ3) is 4.50. The number of hydrogen-bond donors (Lipinski definition) is 1. The van der Waals surface area contributed by atoms with Crippen molar-refractivity contribution in [2.24, 2.45) is 0 Å².